The number of rotatable bonds is 7. The predicted molar refractivity (Wildman–Crippen MR) is 142 cm³/mol. The molecule has 1 saturated heterocycles. The maximum atomic E-state index is 12.7. The summed E-state index contributed by atoms with van der Waals surface area (Å²) in [4.78, 5) is 26.8. The number of aryl methyl sites for hydroxylation is 2. The van der Waals surface area contributed by atoms with Crippen molar-refractivity contribution in [3.63, 3.8) is 0 Å². The van der Waals surface area contributed by atoms with Crippen molar-refractivity contribution in [3.05, 3.63) is 83.3 Å². The standard InChI is InChI=1S/C28H31N7O2/c1-4-37-27(36)25-21(3)29-28(30-26(25)22-8-6-5-7-9-22)34-16-14-33(15-17-34)18-23-19-35(32-31-23)24-12-10-20(2)11-13-24/h5-13,19H,4,14-18H2,1-3H3. The number of carbonyl (C=O) groups excluding carboxylic acids is 1. The molecule has 0 spiro atoms. The molecule has 37 heavy (non-hydrogen) atoms. The number of esters is 1. The summed E-state index contributed by atoms with van der Waals surface area (Å²) in [5, 5.41) is 8.67. The first kappa shape index (κ1) is 24.6. The van der Waals surface area contributed by atoms with E-state index in [0.29, 0.717) is 29.5 Å². The smallest absolute Gasteiger partial charge is 0.342 e. The van der Waals surface area contributed by atoms with Gasteiger partial charge in [0.05, 0.1) is 35.6 Å². The molecule has 0 unspecified atom stereocenters. The largest absolute Gasteiger partial charge is 0.462 e. The van der Waals surface area contributed by atoms with Crippen molar-refractivity contribution in [2.75, 3.05) is 37.7 Å². The second-order valence-electron chi connectivity index (χ2n) is 9.17. The predicted octanol–water partition coefficient (Wildman–Crippen LogP) is 3.84. The van der Waals surface area contributed by atoms with E-state index in [1.807, 2.05) is 60.3 Å². The van der Waals surface area contributed by atoms with Crippen molar-refractivity contribution in [1.82, 2.24) is 29.9 Å². The van der Waals surface area contributed by atoms with Crippen LogP contribution in [0.15, 0.2) is 60.8 Å². The summed E-state index contributed by atoms with van der Waals surface area (Å²) < 4.78 is 7.13. The van der Waals surface area contributed by atoms with Crippen LogP contribution in [0.2, 0.25) is 0 Å². The van der Waals surface area contributed by atoms with Crippen LogP contribution in [-0.2, 0) is 11.3 Å². The minimum absolute atomic E-state index is 0.301. The van der Waals surface area contributed by atoms with Gasteiger partial charge in [-0.3, -0.25) is 4.90 Å². The molecule has 0 atom stereocenters. The summed E-state index contributed by atoms with van der Waals surface area (Å²) in [6.07, 6.45) is 1.99. The van der Waals surface area contributed by atoms with Crippen molar-refractivity contribution >= 4 is 11.9 Å². The fourth-order valence-corrected chi connectivity index (χ4v) is 4.48. The van der Waals surface area contributed by atoms with Gasteiger partial charge in [0, 0.05) is 38.3 Å². The molecule has 0 amide bonds. The Balaban J connectivity index is 1.29. The third-order valence-corrected chi connectivity index (χ3v) is 6.48. The molecule has 190 valence electrons. The van der Waals surface area contributed by atoms with E-state index in [4.69, 9.17) is 14.7 Å². The Labute approximate surface area is 216 Å². The number of piperazine rings is 1. The lowest BCUT2D eigenvalue weighted by Gasteiger charge is -2.34. The molecular weight excluding hydrogens is 466 g/mol. The molecule has 1 aliphatic rings. The van der Waals surface area contributed by atoms with Gasteiger partial charge in [0.1, 0.15) is 5.56 Å². The average molecular weight is 498 g/mol. The van der Waals surface area contributed by atoms with E-state index in [9.17, 15) is 4.79 Å². The van der Waals surface area contributed by atoms with E-state index in [0.717, 1.165) is 49.7 Å². The molecule has 2 aromatic heterocycles. The normalized spacial score (nSPS) is 14.1. The average Bonchev–Trinajstić information content (AvgIpc) is 3.38. The molecule has 2 aromatic carbocycles. The number of hydrogen-bond donors (Lipinski definition) is 0. The van der Waals surface area contributed by atoms with Crippen molar-refractivity contribution in [2.24, 2.45) is 0 Å². The molecule has 1 aliphatic heterocycles. The summed E-state index contributed by atoms with van der Waals surface area (Å²) in [5.41, 5.74) is 5.68. The Hall–Kier alpha value is -4.11. The first-order valence-electron chi connectivity index (χ1n) is 12.6. The maximum absolute atomic E-state index is 12.7. The number of benzene rings is 2. The van der Waals surface area contributed by atoms with Gasteiger partial charge in [-0.1, -0.05) is 53.2 Å². The number of carbonyl (C=O) groups is 1. The van der Waals surface area contributed by atoms with Crippen molar-refractivity contribution < 1.29 is 9.53 Å². The van der Waals surface area contributed by atoms with E-state index in [1.165, 1.54) is 5.56 Å². The molecule has 5 rings (SSSR count). The SMILES string of the molecule is CCOC(=O)c1c(C)nc(N2CCN(Cc3cn(-c4ccc(C)cc4)nn3)CC2)nc1-c1ccccc1. The molecule has 0 N–H and O–H groups in total. The van der Waals surface area contributed by atoms with Gasteiger partial charge in [-0.15, -0.1) is 5.10 Å². The minimum atomic E-state index is -0.395. The van der Waals surface area contributed by atoms with Gasteiger partial charge in [0.2, 0.25) is 5.95 Å². The molecule has 3 heterocycles. The van der Waals surface area contributed by atoms with Gasteiger partial charge in [0.15, 0.2) is 0 Å². The fraction of sp³-hybridized carbons (Fsp3) is 0.321. The molecule has 1 fully saturated rings. The van der Waals surface area contributed by atoms with E-state index < -0.39 is 5.97 Å². The molecule has 9 nitrogen and oxygen atoms in total. The van der Waals surface area contributed by atoms with Crippen LogP contribution >= 0.6 is 0 Å². The molecule has 4 aromatic rings. The number of hydrogen-bond acceptors (Lipinski definition) is 8. The minimum Gasteiger partial charge on any atom is -0.462 e. The van der Waals surface area contributed by atoms with Gasteiger partial charge in [-0.25, -0.2) is 19.4 Å². The van der Waals surface area contributed by atoms with Crippen LogP contribution in [0.4, 0.5) is 5.95 Å². The molecule has 9 heteroatoms. The van der Waals surface area contributed by atoms with Gasteiger partial charge < -0.3 is 9.64 Å². The molecule has 0 saturated carbocycles. The Morgan fingerprint density at radius 2 is 1.68 bits per heavy atom. The molecule has 0 radical (unpaired) electrons. The number of aromatic nitrogens is 5. The monoisotopic (exact) mass is 497 g/mol. The van der Waals surface area contributed by atoms with Crippen molar-refractivity contribution in [1.29, 1.82) is 0 Å². The zero-order valence-corrected chi connectivity index (χ0v) is 21.5. The van der Waals surface area contributed by atoms with Crippen LogP contribution in [0.25, 0.3) is 16.9 Å². The van der Waals surface area contributed by atoms with Gasteiger partial charge in [-0.05, 0) is 32.9 Å². The quantitative estimate of drug-likeness (QED) is 0.356. The van der Waals surface area contributed by atoms with Gasteiger partial charge >= 0.3 is 5.97 Å². The summed E-state index contributed by atoms with van der Waals surface area (Å²) >= 11 is 0. The highest BCUT2D eigenvalue weighted by Crippen LogP contribution is 2.27. The first-order chi connectivity index (χ1) is 18.0. The lowest BCUT2D eigenvalue weighted by Crippen LogP contribution is -2.46. The second-order valence-corrected chi connectivity index (χ2v) is 9.17. The van der Waals surface area contributed by atoms with Crippen LogP contribution in [0, 0.1) is 13.8 Å². The van der Waals surface area contributed by atoms with Crippen LogP contribution in [0.1, 0.15) is 34.2 Å². The zero-order valence-electron chi connectivity index (χ0n) is 21.5. The lowest BCUT2D eigenvalue weighted by molar-refractivity contribution is 0.0525. The van der Waals surface area contributed by atoms with Crippen molar-refractivity contribution in [2.45, 2.75) is 27.3 Å². The van der Waals surface area contributed by atoms with Crippen LogP contribution in [-0.4, -0.2) is 68.6 Å². The number of nitrogens with zero attached hydrogens (tertiary/aromatic N) is 7. The van der Waals surface area contributed by atoms with Gasteiger partial charge in [-0.2, -0.15) is 0 Å². The Kier molecular flexibility index (Phi) is 7.23. The third-order valence-electron chi connectivity index (χ3n) is 6.48. The first-order valence-corrected chi connectivity index (χ1v) is 12.6. The van der Waals surface area contributed by atoms with Crippen LogP contribution in [0.3, 0.4) is 0 Å². The maximum Gasteiger partial charge on any atom is 0.342 e. The highest BCUT2D eigenvalue weighted by molar-refractivity contribution is 5.97. The molecule has 0 bridgehead atoms. The van der Waals surface area contributed by atoms with Crippen molar-refractivity contribution in [3.8, 4) is 16.9 Å². The Bertz CT molecular complexity index is 1360. The number of anilines is 1. The number of ether oxygens (including phenoxy) is 1. The summed E-state index contributed by atoms with van der Waals surface area (Å²) in [6.45, 7) is 9.99. The van der Waals surface area contributed by atoms with E-state index >= 15 is 0 Å². The van der Waals surface area contributed by atoms with Crippen LogP contribution < -0.4 is 4.90 Å². The van der Waals surface area contributed by atoms with E-state index in [2.05, 4.69) is 39.2 Å². The lowest BCUT2D eigenvalue weighted by atomic mass is 10.0. The topological polar surface area (TPSA) is 89.3 Å². The molecule has 0 aliphatic carbocycles. The summed E-state index contributed by atoms with van der Waals surface area (Å²) in [6, 6.07) is 18.0. The fourth-order valence-electron chi connectivity index (χ4n) is 4.48. The highest BCUT2D eigenvalue weighted by Gasteiger charge is 2.25. The summed E-state index contributed by atoms with van der Waals surface area (Å²) in [5.74, 6) is 0.239. The third kappa shape index (κ3) is 5.51. The van der Waals surface area contributed by atoms with Crippen LogP contribution in [0.5, 0.6) is 0 Å². The van der Waals surface area contributed by atoms with Gasteiger partial charge in [0.25, 0.3) is 0 Å². The summed E-state index contributed by atoms with van der Waals surface area (Å²) in [7, 11) is 0. The Morgan fingerprint density at radius 3 is 2.38 bits per heavy atom. The second kappa shape index (κ2) is 10.9. The van der Waals surface area contributed by atoms with E-state index in [-0.39, 0.29) is 0 Å². The van der Waals surface area contributed by atoms with E-state index in [1.54, 1.807) is 6.92 Å². The highest BCUT2D eigenvalue weighted by atomic mass is 16.5. The Morgan fingerprint density at radius 1 is 0.946 bits per heavy atom. The molecular formula is C28H31N7O2. The zero-order chi connectivity index (χ0) is 25.8.